The Labute approximate surface area is 140 Å². The van der Waals surface area contributed by atoms with Gasteiger partial charge in [-0.05, 0) is 30.0 Å². The minimum Gasteiger partial charge on any atom is -0.198 e. The number of benzene rings is 2. The molecule has 0 fully saturated rings. The highest BCUT2D eigenvalue weighted by molar-refractivity contribution is 6.88. The molecule has 0 saturated heterocycles. The van der Waals surface area contributed by atoms with Gasteiger partial charge in [0.15, 0.2) is 5.69 Å². The lowest BCUT2D eigenvalue weighted by Crippen LogP contribution is -2.38. The number of hydrogen-bond donors (Lipinski definition) is 0. The first kappa shape index (κ1) is 15.9. The molecule has 0 saturated carbocycles. The van der Waals surface area contributed by atoms with Crippen molar-refractivity contribution in [3.8, 4) is 11.3 Å². The Morgan fingerprint density at radius 3 is 2.22 bits per heavy atom. The maximum Gasteiger partial charge on any atom is 0.220 e. The van der Waals surface area contributed by atoms with Crippen molar-refractivity contribution in [2.24, 2.45) is 7.05 Å². The van der Waals surface area contributed by atoms with Gasteiger partial charge in [0.2, 0.25) is 5.69 Å². The summed E-state index contributed by atoms with van der Waals surface area (Å²) in [5.74, 6) is 0. The number of aryl methyl sites for hydroxylation is 2. The van der Waals surface area contributed by atoms with E-state index in [0.29, 0.717) is 0 Å². The van der Waals surface area contributed by atoms with E-state index in [1.807, 2.05) is 0 Å². The summed E-state index contributed by atoms with van der Waals surface area (Å²) < 4.78 is 2.32. The molecule has 0 amide bonds. The zero-order valence-electron chi connectivity index (χ0n) is 15.1. The van der Waals surface area contributed by atoms with Crippen LogP contribution in [0.15, 0.2) is 48.5 Å². The van der Waals surface area contributed by atoms with Crippen LogP contribution in [0.4, 0.5) is 0 Å². The molecule has 0 aliphatic heterocycles. The highest BCUT2D eigenvalue weighted by Crippen LogP contribution is 2.28. The van der Waals surface area contributed by atoms with Gasteiger partial charge in [0.1, 0.15) is 7.05 Å². The Kier molecular flexibility index (Phi) is 3.89. The van der Waals surface area contributed by atoms with Gasteiger partial charge < -0.3 is 0 Å². The summed E-state index contributed by atoms with van der Waals surface area (Å²) >= 11 is 0. The summed E-state index contributed by atoms with van der Waals surface area (Å²) in [7, 11) is 0.874. The molecule has 3 aromatic rings. The summed E-state index contributed by atoms with van der Waals surface area (Å²) in [6, 6.07) is 18.1. The second-order valence-corrected chi connectivity index (χ2v) is 12.6. The standard InChI is InChI=1S/C21H26NSi/c1-15-9-7-8-10-19(15)21-20-12-11-18(23(4,5)6)14-17(20)13-16(2)22(21)3/h7-14H,1-6H3/q+1. The second-order valence-electron chi connectivity index (χ2n) is 7.56. The van der Waals surface area contributed by atoms with Crippen LogP contribution in [0.1, 0.15) is 11.3 Å². The Balaban J connectivity index is 2.38. The lowest BCUT2D eigenvalue weighted by atomic mass is 9.99. The molecular formula is C21H26NSi+. The number of pyridine rings is 1. The Morgan fingerprint density at radius 1 is 0.870 bits per heavy atom. The van der Waals surface area contributed by atoms with Crippen LogP contribution in [-0.2, 0) is 7.05 Å². The van der Waals surface area contributed by atoms with E-state index in [-0.39, 0.29) is 0 Å². The fraction of sp³-hybridized carbons (Fsp3) is 0.286. The van der Waals surface area contributed by atoms with Crippen molar-refractivity contribution in [3.05, 3.63) is 59.8 Å². The van der Waals surface area contributed by atoms with Gasteiger partial charge in [-0.15, -0.1) is 0 Å². The molecule has 0 bridgehead atoms. The number of fused-ring (bicyclic) bond motifs is 1. The lowest BCUT2D eigenvalue weighted by Gasteiger charge is -2.18. The van der Waals surface area contributed by atoms with Gasteiger partial charge in [0.05, 0.1) is 13.5 Å². The maximum atomic E-state index is 2.41. The van der Waals surface area contributed by atoms with Gasteiger partial charge in [-0.25, -0.2) is 0 Å². The molecule has 0 spiro atoms. The van der Waals surface area contributed by atoms with E-state index < -0.39 is 8.07 Å². The molecular weight excluding hydrogens is 294 g/mol. The fourth-order valence-corrected chi connectivity index (χ4v) is 4.38. The fourth-order valence-electron chi connectivity index (χ4n) is 3.21. The third-order valence-corrected chi connectivity index (χ3v) is 6.84. The molecule has 2 aromatic carbocycles. The smallest absolute Gasteiger partial charge is 0.198 e. The minimum atomic E-state index is -1.30. The van der Waals surface area contributed by atoms with Gasteiger partial charge >= 0.3 is 0 Å². The maximum absolute atomic E-state index is 2.41. The van der Waals surface area contributed by atoms with Crippen LogP contribution < -0.4 is 9.75 Å². The first-order valence-corrected chi connectivity index (χ1v) is 11.8. The van der Waals surface area contributed by atoms with E-state index in [1.54, 1.807) is 0 Å². The van der Waals surface area contributed by atoms with Crippen LogP contribution >= 0.6 is 0 Å². The van der Waals surface area contributed by atoms with E-state index in [1.165, 1.54) is 38.5 Å². The monoisotopic (exact) mass is 320 g/mol. The molecule has 0 radical (unpaired) electrons. The molecule has 1 aromatic heterocycles. The van der Waals surface area contributed by atoms with E-state index in [2.05, 4.69) is 93.6 Å². The van der Waals surface area contributed by atoms with Gasteiger partial charge in [0.25, 0.3) is 0 Å². The van der Waals surface area contributed by atoms with Gasteiger partial charge in [0, 0.05) is 18.6 Å². The molecule has 3 rings (SSSR count). The topological polar surface area (TPSA) is 3.88 Å². The average Bonchev–Trinajstić information content (AvgIpc) is 2.48. The minimum absolute atomic E-state index is 1.29. The quantitative estimate of drug-likeness (QED) is 0.484. The molecule has 0 atom stereocenters. The first-order valence-electron chi connectivity index (χ1n) is 8.29. The SMILES string of the molecule is Cc1ccccc1-c1c2ccc([Si](C)(C)C)cc2cc(C)[n+]1C. The Hall–Kier alpha value is -1.93. The second kappa shape index (κ2) is 5.61. The first-order chi connectivity index (χ1) is 10.8. The summed E-state index contributed by atoms with van der Waals surface area (Å²) in [6.07, 6.45) is 0. The molecule has 118 valence electrons. The summed E-state index contributed by atoms with van der Waals surface area (Å²) in [5.41, 5.74) is 5.26. The number of nitrogens with zero attached hydrogens (tertiary/aromatic N) is 1. The van der Waals surface area contributed by atoms with Crippen LogP contribution in [0, 0.1) is 13.8 Å². The van der Waals surface area contributed by atoms with Crippen LogP contribution in [0.3, 0.4) is 0 Å². The highest BCUT2D eigenvalue weighted by atomic mass is 28.3. The van der Waals surface area contributed by atoms with Crippen LogP contribution in [0.5, 0.6) is 0 Å². The molecule has 23 heavy (non-hydrogen) atoms. The zero-order chi connectivity index (χ0) is 16.8. The van der Waals surface area contributed by atoms with Crippen LogP contribution in [0.2, 0.25) is 19.6 Å². The van der Waals surface area contributed by atoms with Crippen molar-refractivity contribution >= 4 is 24.0 Å². The summed E-state index contributed by atoms with van der Waals surface area (Å²) in [5, 5.41) is 4.22. The number of rotatable bonds is 2. The van der Waals surface area contributed by atoms with Crippen molar-refractivity contribution in [2.45, 2.75) is 33.5 Å². The summed E-state index contributed by atoms with van der Waals surface area (Å²) in [4.78, 5) is 0. The molecule has 1 heterocycles. The van der Waals surface area contributed by atoms with Crippen molar-refractivity contribution in [3.63, 3.8) is 0 Å². The molecule has 0 aliphatic carbocycles. The molecule has 0 aliphatic rings. The van der Waals surface area contributed by atoms with Crippen molar-refractivity contribution < 1.29 is 4.57 Å². The Bertz CT molecular complexity index is 888. The average molecular weight is 321 g/mol. The van der Waals surface area contributed by atoms with Crippen molar-refractivity contribution in [1.29, 1.82) is 0 Å². The lowest BCUT2D eigenvalue weighted by molar-refractivity contribution is -0.665. The largest absolute Gasteiger partial charge is 0.220 e. The third-order valence-electron chi connectivity index (χ3n) is 4.80. The van der Waals surface area contributed by atoms with Crippen molar-refractivity contribution in [1.82, 2.24) is 0 Å². The molecule has 0 unspecified atom stereocenters. The predicted molar refractivity (Wildman–Crippen MR) is 103 cm³/mol. The highest BCUT2D eigenvalue weighted by Gasteiger charge is 2.22. The van der Waals surface area contributed by atoms with E-state index >= 15 is 0 Å². The van der Waals surface area contributed by atoms with E-state index in [0.717, 1.165) is 0 Å². The Morgan fingerprint density at radius 2 is 1.57 bits per heavy atom. The summed E-state index contributed by atoms with van der Waals surface area (Å²) in [6.45, 7) is 11.6. The van der Waals surface area contributed by atoms with Crippen molar-refractivity contribution in [2.75, 3.05) is 0 Å². The normalized spacial score (nSPS) is 11.9. The van der Waals surface area contributed by atoms with Crippen LogP contribution in [0.25, 0.3) is 22.0 Å². The number of aromatic nitrogens is 1. The van der Waals surface area contributed by atoms with Gasteiger partial charge in [-0.3, -0.25) is 0 Å². The molecule has 2 heteroatoms. The zero-order valence-corrected chi connectivity index (χ0v) is 16.1. The van der Waals surface area contributed by atoms with Gasteiger partial charge in [-0.2, -0.15) is 4.57 Å². The van der Waals surface area contributed by atoms with E-state index in [9.17, 15) is 0 Å². The third kappa shape index (κ3) is 2.84. The predicted octanol–water partition coefficient (Wildman–Crippen LogP) is 4.49. The number of hydrogen-bond acceptors (Lipinski definition) is 0. The van der Waals surface area contributed by atoms with E-state index in [4.69, 9.17) is 0 Å². The molecule has 0 N–H and O–H groups in total. The van der Waals surface area contributed by atoms with Crippen LogP contribution in [-0.4, -0.2) is 8.07 Å². The molecule has 1 nitrogen and oxygen atoms in total. The van der Waals surface area contributed by atoms with Gasteiger partial charge in [-0.1, -0.05) is 55.2 Å².